The number of nitrogens with one attached hydrogen (secondary N) is 1. The minimum absolute atomic E-state index is 0.0794. The van der Waals surface area contributed by atoms with Crippen molar-refractivity contribution in [1.82, 2.24) is 0 Å². The number of carbonyl (C=O) groups excluding carboxylic acids is 3. The van der Waals surface area contributed by atoms with Crippen molar-refractivity contribution in [3.8, 4) is 5.75 Å². The Bertz CT molecular complexity index is 1140. The summed E-state index contributed by atoms with van der Waals surface area (Å²) in [6.45, 7) is 0.327. The van der Waals surface area contributed by atoms with Crippen molar-refractivity contribution < 1.29 is 19.1 Å². The van der Waals surface area contributed by atoms with E-state index in [1.807, 2.05) is 60.7 Å². The molecule has 0 bridgehead atoms. The van der Waals surface area contributed by atoms with E-state index in [1.54, 1.807) is 35.2 Å². The molecular weight excluding hydrogens is 404 g/mol. The lowest BCUT2D eigenvalue weighted by atomic mass is 10.1. The summed E-state index contributed by atoms with van der Waals surface area (Å²) in [6, 6.07) is 25.3. The molecule has 160 valence electrons. The van der Waals surface area contributed by atoms with Crippen molar-refractivity contribution in [1.29, 1.82) is 0 Å². The number of hydrogen-bond donors (Lipinski definition) is 1. The molecule has 3 aromatic rings. The lowest BCUT2D eigenvalue weighted by Gasteiger charge is -2.16. The summed E-state index contributed by atoms with van der Waals surface area (Å²) in [5.41, 5.74) is 2.17. The Kier molecular flexibility index (Phi) is 6.41. The van der Waals surface area contributed by atoms with E-state index in [0.717, 1.165) is 11.3 Å². The van der Waals surface area contributed by atoms with Gasteiger partial charge < -0.3 is 15.0 Å². The number of carbonyl (C=O) groups is 3. The number of amides is 2. The summed E-state index contributed by atoms with van der Waals surface area (Å²) < 4.78 is 5.34. The van der Waals surface area contributed by atoms with Crippen molar-refractivity contribution in [2.24, 2.45) is 5.92 Å². The second-order valence-electron chi connectivity index (χ2n) is 7.42. The molecule has 2 amide bonds. The highest BCUT2D eigenvalue weighted by Crippen LogP contribution is 2.26. The van der Waals surface area contributed by atoms with Gasteiger partial charge in [-0.1, -0.05) is 54.6 Å². The zero-order valence-corrected chi connectivity index (χ0v) is 17.3. The number of benzene rings is 3. The fourth-order valence-corrected chi connectivity index (χ4v) is 3.50. The van der Waals surface area contributed by atoms with Gasteiger partial charge in [0.1, 0.15) is 5.75 Å². The van der Waals surface area contributed by atoms with Gasteiger partial charge in [-0.2, -0.15) is 0 Å². The third-order valence-corrected chi connectivity index (χ3v) is 5.10. The highest BCUT2D eigenvalue weighted by molar-refractivity contribution is 6.03. The summed E-state index contributed by atoms with van der Waals surface area (Å²) in [7, 11) is 0. The van der Waals surface area contributed by atoms with Gasteiger partial charge in [0.15, 0.2) is 0 Å². The fraction of sp³-hybridized carbons (Fsp3) is 0.115. The first-order chi connectivity index (χ1) is 15.6. The number of esters is 1. The van der Waals surface area contributed by atoms with Gasteiger partial charge in [-0.3, -0.25) is 9.59 Å². The summed E-state index contributed by atoms with van der Waals surface area (Å²) >= 11 is 0. The Morgan fingerprint density at radius 3 is 2.41 bits per heavy atom. The van der Waals surface area contributed by atoms with E-state index in [2.05, 4.69) is 5.32 Å². The lowest BCUT2D eigenvalue weighted by Crippen LogP contribution is -2.28. The van der Waals surface area contributed by atoms with Crippen molar-refractivity contribution in [2.75, 3.05) is 16.8 Å². The van der Waals surface area contributed by atoms with E-state index in [0.29, 0.717) is 18.0 Å². The van der Waals surface area contributed by atoms with Crippen LogP contribution < -0.4 is 15.0 Å². The first-order valence-electron chi connectivity index (χ1n) is 10.3. The van der Waals surface area contributed by atoms with E-state index in [-0.39, 0.29) is 18.2 Å². The van der Waals surface area contributed by atoms with Crippen LogP contribution in [0.4, 0.5) is 11.4 Å². The normalized spacial score (nSPS) is 15.7. The molecule has 4 rings (SSSR count). The van der Waals surface area contributed by atoms with Crippen LogP contribution in [0.5, 0.6) is 5.75 Å². The number of ether oxygens (including phenoxy) is 1. The predicted molar refractivity (Wildman–Crippen MR) is 123 cm³/mol. The average Bonchev–Trinajstić information content (AvgIpc) is 3.21. The van der Waals surface area contributed by atoms with Crippen molar-refractivity contribution in [2.45, 2.75) is 6.42 Å². The number of rotatable bonds is 6. The monoisotopic (exact) mass is 426 g/mol. The molecule has 1 saturated heterocycles. The summed E-state index contributed by atoms with van der Waals surface area (Å²) in [5, 5.41) is 2.82. The van der Waals surface area contributed by atoms with Crippen LogP contribution in [0.15, 0.2) is 91.0 Å². The Morgan fingerprint density at radius 1 is 0.938 bits per heavy atom. The van der Waals surface area contributed by atoms with Gasteiger partial charge in [-0.15, -0.1) is 0 Å². The highest BCUT2D eigenvalue weighted by Gasteiger charge is 2.35. The van der Waals surface area contributed by atoms with Gasteiger partial charge in [-0.25, -0.2) is 4.79 Å². The van der Waals surface area contributed by atoms with Crippen LogP contribution >= 0.6 is 0 Å². The maximum absolute atomic E-state index is 12.7. The average molecular weight is 426 g/mol. The molecule has 6 nitrogen and oxygen atoms in total. The molecule has 0 radical (unpaired) electrons. The molecule has 1 N–H and O–H groups in total. The van der Waals surface area contributed by atoms with Crippen LogP contribution in [0.2, 0.25) is 0 Å². The van der Waals surface area contributed by atoms with Crippen molar-refractivity contribution >= 4 is 35.2 Å². The topological polar surface area (TPSA) is 75.7 Å². The molecule has 0 spiro atoms. The molecule has 1 unspecified atom stereocenters. The van der Waals surface area contributed by atoms with Crippen LogP contribution in [0, 0.1) is 5.92 Å². The molecule has 0 aromatic heterocycles. The molecule has 0 saturated carbocycles. The Labute approximate surface area is 186 Å². The first kappa shape index (κ1) is 21.1. The van der Waals surface area contributed by atoms with E-state index < -0.39 is 11.9 Å². The third kappa shape index (κ3) is 5.29. The second kappa shape index (κ2) is 9.75. The van der Waals surface area contributed by atoms with Crippen molar-refractivity contribution in [3.63, 3.8) is 0 Å². The third-order valence-electron chi connectivity index (χ3n) is 5.10. The van der Waals surface area contributed by atoms with E-state index >= 15 is 0 Å². The standard InChI is InChI=1S/C26H22N2O4/c29-24-16-20(18-28(24)22-11-5-2-6-12-22)26(31)27-21-10-7-13-23(17-21)32-25(30)15-14-19-8-3-1-4-9-19/h1-15,17,20H,16,18H2,(H,27,31). The molecule has 0 aliphatic carbocycles. The quantitative estimate of drug-likeness (QED) is 0.362. The van der Waals surface area contributed by atoms with Gasteiger partial charge in [-0.05, 0) is 35.9 Å². The van der Waals surface area contributed by atoms with Crippen LogP contribution in [-0.4, -0.2) is 24.3 Å². The molecule has 1 atom stereocenters. The number of anilines is 2. The minimum Gasteiger partial charge on any atom is -0.423 e. The maximum Gasteiger partial charge on any atom is 0.336 e. The van der Waals surface area contributed by atoms with E-state index in [1.165, 1.54) is 6.08 Å². The van der Waals surface area contributed by atoms with E-state index in [9.17, 15) is 14.4 Å². The summed E-state index contributed by atoms with van der Waals surface area (Å²) in [6.07, 6.45) is 3.17. The zero-order chi connectivity index (χ0) is 22.3. The number of hydrogen-bond acceptors (Lipinski definition) is 4. The molecule has 3 aromatic carbocycles. The van der Waals surface area contributed by atoms with Crippen LogP contribution in [0.1, 0.15) is 12.0 Å². The SMILES string of the molecule is O=C(C=Cc1ccccc1)Oc1cccc(NC(=O)C2CC(=O)N(c3ccccc3)C2)c1. The Morgan fingerprint density at radius 2 is 1.66 bits per heavy atom. The van der Waals surface area contributed by atoms with Gasteiger partial charge in [0.25, 0.3) is 0 Å². The molecule has 1 fully saturated rings. The number of nitrogens with zero attached hydrogens (tertiary/aromatic N) is 1. The predicted octanol–water partition coefficient (Wildman–Crippen LogP) is 4.30. The molecule has 1 aliphatic rings. The van der Waals surface area contributed by atoms with Crippen molar-refractivity contribution in [3.05, 3.63) is 96.6 Å². The van der Waals surface area contributed by atoms with Gasteiger partial charge in [0.05, 0.1) is 5.92 Å². The zero-order valence-electron chi connectivity index (χ0n) is 17.3. The fourth-order valence-electron chi connectivity index (χ4n) is 3.50. The molecular formula is C26H22N2O4. The van der Waals surface area contributed by atoms with E-state index in [4.69, 9.17) is 4.74 Å². The van der Waals surface area contributed by atoms with Crippen LogP contribution in [-0.2, 0) is 14.4 Å². The maximum atomic E-state index is 12.7. The largest absolute Gasteiger partial charge is 0.423 e. The Hall–Kier alpha value is -4.19. The van der Waals surface area contributed by atoms with Gasteiger partial charge in [0.2, 0.25) is 11.8 Å². The first-order valence-corrected chi connectivity index (χ1v) is 10.3. The molecule has 6 heteroatoms. The minimum atomic E-state index is -0.516. The second-order valence-corrected chi connectivity index (χ2v) is 7.42. The van der Waals surface area contributed by atoms with Crippen LogP contribution in [0.3, 0.4) is 0 Å². The molecule has 32 heavy (non-hydrogen) atoms. The highest BCUT2D eigenvalue weighted by atomic mass is 16.5. The summed E-state index contributed by atoms with van der Waals surface area (Å²) in [4.78, 5) is 38.8. The molecule has 1 heterocycles. The van der Waals surface area contributed by atoms with Gasteiger partial charge >= 0.3 is 5.97 Å². The Balaban J connectivity index is 1.35. The smallest absolute Gasteiger partial charge is 0.336 e. The summed E-state index contributed by atoms with van der Waals surface area (Å²) in [5.74, 6) is -0.979. The van der Waals surface area contributed by atoms with Gasteiger partial charge in [0, 0.05) is 36.5 Å². The van der Waals surface area contributed by atoms with Crippen LogP contribution in [0.25, 0.3) is 6.08 Å². The number of para-hydroxylation sites is 1. The lowest BCUT2D eigenvalue weighted by molar-refractivity contribution is -0.129. The molecule has 1 aliphatic heterocycles.